The molecule has 1 saturated heterocycles. The highest BCUT2D eigenvalue weighted by Gasteiger charge is 2.27. The number of hydrogen-bond acceptors (Lipinski definition) is 7. The van der Waals surface area contributed by atoms with Crippen molar-refractivity contribution in [3.63, 3.8) is 0 Å². The van der Waals surface area contributed by atoms with E-state index < -0.39 is 23.6 Å². The van der Waals surface area contributed by atoms with Crippen LogP contribution in [0.15, 0.2) is 24.7 Å². The zero-order valence-corrected chi connectivity index (χ0v) is 19.3. The maximum atomic E-state index is 13.2. The number of nitrogens with one attached hydrogen (secondary N) is 1. The molecule has 4 heterocycles. The Kier molecular flexibility index (Phi) is 6.11. The van der Waals surface area contributed by atoms with Crippen molar-refractivity contribution in [2.75, 3.05) is 36.4 Å². The van der Waals surface area contributed by atoms with Crippen molar-refractivity contribution in [1.29, 1.82) is 0 Å². The molecule has 1 aliphatic heterocycles. The Morgan fingerprint density at radius 2 is 1.88 bits per heavy atom. The highest BCUT2D eigenvalue weighted by Crippen LogP contribution is 2.26. The zero-order valence-electron chi connectivity index (χ0n) is 19.3. The van der Waals surface area contributed by atoms with E-state index in [0.717, 1.165) is 0 Å². The van der Waals surface area contributed by atoms with Crippen molar-refractivity contribution >= 4 is 29.2 Å². The summed E-state index contributed by atoms with van der Waals surface area (Å²) in [7, 11) is 1.49. The largest absolute Gasteiger partial charge is 0.444 e. The summed E-state index contributed by atoms with van der Waals surface area (Å²) in [4.78, 5) is 33.3. The fraction of sp³-hybridized carbons (Fsp3) is 0.476. The van der Waals surface area contributed by atoms with Crippen LogP contribution in [0.1, 0.15) is 43.2 Å². The van der Waals surface area contributed by atoms with Gasteiger partial charge in [-0.15, -0.1) is 0 Å². The number of amides is 2. The molecule has 1 N–H and O–H groups in total. The number of fused-ring (bicyclic) bond motifs is 1. The number of nitrogens with zero attached hydrogens (tertiary/aromatic N) is 7. The van der Waals surface area contributed by atoms with Gasteiger partial charge in [0.1, 0.15) is 17.0 Å². The van der Waals surface area contributed by atoms with Crippen molar-refractivity contribution < 1.29 is 23.1 Å². The second-order valence-corrected chi connectivity index (χ2v) is 8.92. The third-order valence-corrected chi connectivity index (χ3v) is 5.17. The molecule has 0 spiro atoms. The summed E-state index contributed by atoms with van der Waals surface area (Å²) in [5.41, 5.74) is -0.725. The average Bonchev–Trinajstić information content (AvgIpc) is 3.35. The van der Waals surface area contributed by atoms with Gasteiger partial charge in [0.25, 0.3) is 12.3 Å². The lowest BCUT2D eigenvalue weighted by Gasteiger charge is -2.36. The normalized spacial score (nSPS) is 14.7. The monoisotopic (exact) mass is 476 g/mol. The van der Waals surface area contributed by atoms with Gasteiger partial charge in [-0.3, -0.25) is 9.48 Å². The molecule has 0 saturated carbocycles. The van der Waals surface area contributed by atoms with Gasteiger partial charge >= 0.3 is 6.09 Å². The Bertz CT molecular complexity index is 1210. The number of hydrogen-bond donors (Lipinski definition) is 1. The van der Waals surface area contributed by atoms with Crippen LogP contribution in [-0.4, -0.2) is 73.1 Å². The minimum atomic E-state index is -2.83. The van der Waals surface area contributed by atoms with Crippen molar-refractivity contribution in [3.05, 3.63) is 35.9 Å². The van der Waals surface area contributed by atoms with Crippen LogP contribution in [0.4, 0.5) is 25.1 Å². The lowest BCUT2D eigenvalue weighted by Crippen LogP contribution is -2.50. The number of halogens is 2. The molecule has 1 aliphatic rings. The fourth-order valence-corrected chi connectivity index (χ4v) is 3.59. The molecule has 0 aliphatic carbocycles. The third-order valence-electron chi connectivity index (χ3n) is 5.17. The number of ether oxygens (including phenoxy) is 1. The Morgan fingerprint density at radius 1 is 1.18 bits per heavy atom. The van der Waals surface area contributed by atoms with E-state index in [1.165, 1.54) is 28.6 Å². The first kappa shape index (κ1) is 23.4. The molecule has 0 bridgehead atoms. The van der Waals surface area contributed by atoms with E-state index in [1.54, 1.807) is 17.2 Å². The summed E-state index contributed by atoms with van der Waals surface area (Å²) < 4.78 is 34.5. The Labute approximate surface area is 194 Å². The molecule has 0 radical (unpaired) electrons. The molecule has 182 valence electrons. The summed E-state index contributed by atoms with van der Waals surface area (Å²) >= 11 is 0. The predicted octanol–water partition coefficient (Wildman–Crippen LogP) is 2.71. The molecule has 3 aromatic rings. The van der Waals surface area contributed by atoms with Crippen LogP contribution in [0, 0.1) is 0 Å². The zero-order chi connectivity index (χ0) is 24.6. The lowest BCUT2D eigenvalue weighted by molar-refractivity contribution is 0.0240. The lowest BCUT2D eigenvalue weighted by atomic mass is 10.2. The van der Waals surface area contributed by atoms with Gasteiger partial charge in [0.15, 0.2) is 11.3 Å². The Hall–Kier alpha value is -3.77. The van der Waals surface area contributed by atoms with E-state index in [9.17, 15) is 18.4 Å². The van der Waals surface area contributed by atoms with Crippen molar-refractivity contribution in [2.24, 2.45) is 7.05 Å². The maximum Gasteiger partial charge on any atom is 0.410 e. The number of aromatic nitrogens is 5. The SMILES string of the molecule is Cn1cc(NC(=O)c2cnn3ccc(N4CCN(C(=O)OC(C)(C)C)CC4)nc23)c(C(F)F)n1. The molecule has 3 aromatic heterocycles. The minimum absolute atomic E-state index is 0.0729. The number of anilines is 2. The molecule has 0 unspecified atom stereocenters. The molecular formula is C21H26F2N8O3. The van der Waals surface area contributed by atoms with Crippen LogP contribution in [0.3, 0.4) is 0 Å². The van der Waals surface area contributed by atoms with Gasteiger partial charge in [-0.1, -0.05) is 0 Å². The molecule has 11 nitrogen and oxygen atoms in total. The van der Waals surface area contributed by atoms with Crippen LogP contribution in [0.25, 0.3) is 5.65 Å². The van der Waals surface area contributed by atoms with Crippen molar-refractivity contribution in [3.8, 4) is 0 Å². The van der Waals surface area contributed by atoms with Gasteiger partial charge in [0.2, 0.25) is 0 Å². The average molecular weight is 476 g/mol. The van der Waals surface area contributed by atoms with Crippen LogP contribution >= 0.6 is 0 Å². The molecule has 0 aromatic carbocycles. The number of carbonyl (C=O) groups excluding carboxylic acids is 2. The van der Waals surface area contributed by atoms with Crippen LogP contribution in [0.5, 0.6) is 0 Å². The van der Waals surface area contributed by atoms with E-state index in [2.05, 4.69) is 20.5 Å². The van der Waals surface area contributed by atoms with Gasteiger partial charge in [-0.2, -0.15) is 10.2 Å². The standard InChI is InChI=1S/C21H26F2N8O3/c1-21(2,3)34-20(33)30-9-7-29(8-10-30)15-5-6-31-18(26-15)13(11-24-31)19(32)25-14-12-28(4)27-16(14)17(22)23/h5-6,11-12,17H,7-10H2,1-4H3,(H,25,32). The number of alkyl halides is 2. The highest BCUT2D eigenvalue weighted by molar-refractivity contribution is 6.08. The highest BCUT2D eigenvalue weighted by atomic mass is 19.3. The van der Waals surface area contributed by atoms with Gasteiger partial charge in [-0.05, 0) is 26.8 Å². The molecule has 2 amide bonds. The van der Waals surface area contributed by atoms with Crippen molar-refractivity contribution in [1.82, 2.24) is 29.3 Å². The Balaban J connectivity index is 1.49. The second-order valence-electron chi connectivity index (χ2n) is 8.92. The molecule has 34 heavy (non-hydrogen) atoms. The van der Waals surface area contributed by atoms with Gasteiger partial charge in [0, 0.05) is 45.6 Å². The molecular weight excluding hydrogens is 450 g/mol. The summed E-state index contributed by atoms with van der Waals surface area (Å²) in [5, 5.41) is 10.3. The van der Waals surface area contributed by atoms with E-state index in [0.29, 0.717) is 32.0 Å². The molecule has 1 fully saturated rings. The van der Waals surface area contributed by atoms with Gasteiger partial charge in [0.05, 0.1) is 11.9 Å². The summed E-state index contributed by atoms with van der Waals surface area (Å²) in [6.45, 7) is 7.46. The second kappa shape index (κ2) is 8.88. The van der Waals surface area contributed by atoms with Crippen molar-refractivity contribution in [2.45, 2.75) is 32.8 Å². The maximum absolute atomic E-state index is 13.2. The predicted molar refractivity (Wildman–Crippen MR) is 119 cm³/mol. The summed E-state index contributed by atoms with van der Waals surface area (Å²) in [5.74, 6) is -0.00942. The summed E-state index contributed by atoms with van der Waals surface area (Å²) in [6, 6.07) is 1.76. The van der Waals surface area contributed by atoms with E-state index in [-0.39, 0.29) is 23.0 Å². The summed E-state index contributed by atoms with van der Waals surface area (Å²) in [6.07, 6.45) is 1.13. The topological polar surface area (TPSA) is 110 Å². The first-order valence-electron chi connectivity index (χ1n) is 10.7. The van der Waals surface area contributed by atoms with Crippen LogP contribution in [0.2, 0.25) is 0 Å². The number of rotatable bonds is 4. The molecule has 13 heteroatoms. The molecule has 0 atom stereocenters. The number of carbonyl (C=O) groups is 2. The van der Waals surface area contributed by atoms with Gasteiger partial charge in [-0.25, -0.2) is 23.1 Å². The first-order valence-corrected chi connectivity index (χ1v) is 10.7. The Morgan fingerprint density at radius 3 is 2.53 bits per heavy atom. The minimum Gasteiger partial charge on any atom is -0.444 e. The third kappa shape index (κ3) is 4.92. The number of aryl methyl sites for hydroxylation is 1. The van der Waals surface area contributed by atoms with Crippen LogP contribution in [-0.2, 0) is 11.8 Å². The number of piperazine rings is 1. The quantitative estimate of drug-likeness (QED) is 0.617. The van der Waals surface area contributed by atoms with Gasteiger partial charge < -0.3 is 19.9 Å². The fourth-order valence-electron chi connectivity index (χ4n) is 3.59. The van der Waals surface area contributed by atoms with E-state index in [4.69, 9.17) is 4.74 Å². The first-order chi connectivity index (χ1) is 16.0. The van der Waals surface area contributed by atoms with E-state index >= 15 is 0 Å². The smallest absolute Gasteiger partial charge is 0.410 e. The van der Waals surface area contributed by atoms with E-state index in [1.807, 2.05) is 25.7 Å². The van der Waals surface area contributed by atoms with Crippen LogP contribution < -0.4 is 10.2 Å². The molecule has 4 rings (SSSR count).